The maximum absolute atomic E-state index is 13.1. The van der Waals surface area contributed by atoms with Gasteiger partial charge in [-0.3, -0.25) is 10.1 Å². The van der Waals surface area contributed by atoms with E-state index in [2.05, 4.69) is 10.3 Å². The molecule has 6 heteroatoms. The number of hydrogen-bond acceptors (Lipinski definition) is 2. The SMILES string of the molecule is CCn1c(NC(=O)c2ccc(F)cc2Cl)nc2ccccc21. The number of carbonyl (C=O) groups is 1. The lowest BCUT2D eigenvalue weighted by Crippen LogP contribution is -2.16. The second-order valence-corrected chi connectivity index (χ2v) is 5.15. The number of hydrogen-bond donors (Lipinski definition) is 1. The van der Waals surface area contributed by atoms with Crippen LogP contribution >= 0.6 is 11.6 Å². The van der Waals surface area contributed by atoms with Crippen LogP contribution in [-0.4, -0.2) is 15.5 Å². The summed E-state index contributed by atoms with van der Waals surface area (Å²) in [4.78, 5) is 16.7. The van der Waals surface area contributed by atoms with Crippen molar-refractivity contribution in [3.8, 4) is 0 Å². The third-order valence-electron chi connectivity index (χ3n) is 3.37. The molecule has 0 saturated heterocycles. The zero-order chi connectivity index (χ0) is 15.7. The van der Waals surface area contributed by atoms with Crippen molar-refractivity contribution in [3.05, 3.63) is 58.9 Å². The minimum Gasteiger partial charge on any atom is -0.310 e. The molecule has 1 heterocycles. The Morgan fingerprint density at radius 1 is 1.32 bits per heavy atom. The van der Waals surface area contributed by atoms with Gasteiger partial charge < -0.3 is 4.57 Å². The highest BCUT2D eigenvalue weighted by atomic mass is 35.5. The molecular weight excluding hydrogens is 305 g/mol. The summed E-state index contributed by atoms with van der Waals surface area (Å²) in [6.45, 7) is 2.63. The monoisotopic (exact) mass is 317 g/mol. The second-order valence-electron chi connectivity index (χ2n) is 4.75. The molecule has 112 valence electrons. The molecular formula is C16H13ClFN3O. The van der Waals surface area contributed by atoms with Crippen LogP contribution in [-0.2, 0) is 6.54 Å². The number of imidazole rings is 1. The molecule has 0 aliphatic heterocycles. The van der Waals surface area contributed by atoms with Gasteiger partial charge in [-0.05, 0) is 37.3 Å². The van der Waals surface area contributed by atoms with Crippen LogP contribution in [0.4, 0.5) is 10.3 Å². The first-order valence-electron chi connectivity index (χ1n) is 6.82. The van der Waals surface area contributed by atoms with E-state index in [9.17, 15) is 9.18 Å². The van der Waals surface area contributed by atoms with Crippen LogP contribution in [0, 0.1) is 5.82 Å². The van der Waals surface area contributed by atoms with Gasteiger partial charge in [-0.15, -0.1) is 0 Å². The maximum atomic E-state index is 13.1. The molecule has 22 heavy (non-hydrogen) atoms. The molecule has 0 bridgehead atoms. The number of nitrogens with zero attached hydrogens (tertiary/aromatic N) is 2. The molecule has 0 atom stereocenters. The van der Waals surface area contributed by atoms with E-state index in [-0.39, 0.29) is 10.6 Å². The Labute approximate surface area is 131 Å². The first kappa shape index (κ1) is 14.5. The van der Waals surface area contributed by atoms with E-state index < -0.39 is 11.7 Å². The Bertz CT molecular complexity index is 860. The van der Waals surface area contributed by atoms with Crippen molar-refractivity contribution < 1.29 is 9.18 Å². The molecule has 0 spiro atoms. The summed E-state index contributed by atoms with van der Waals surface area (Å²) < 4.78 is 15.0. The molecule has 0 unspecified atom stereocenters. The van der Waals surface area contributed by atoms with Crippen molar-refractivity contribution in [1.29, 1.82) is 0 Å². The highest BCUT2D eigenvalue weighted by molar-refractivity contribution is 6.34. The normalized spacial score (nSPS) is 10.9. The molecule has 0 radical (unpaired) electrons. The van der Waals surface area contributed by atoms with Gasteiger partial charge in [0, 0.05) is 6.54 Å². The minimum atomic E-state index is -0.484. The molecule has 1 amide bonds. The molecule has 0 fully saturated rings. The van der Waals surface area contributed by atoms with E-state index in [1.165, 1.54) is 12.1 Å². The van der Waals surface area contributed by atoms with Crippen molar-refractivity contribution in [2.24, 2.45) is 0 Å². The van der Waals surface area contributed by atoms with Crippen LogP contribution in [0.25, 0.3) is 11.0 Å². The van der Waals surface area contributed by atoms with Crippen LogP contribution < -0.4 is 5.32 Å². The lowest BCUT2D eigenvalue weighted by molar-refractivity contribution is 0.102. The summed E-state index contributed by atoms with van der Waals surface area (Å²) in [5.41, 5.74) is 1.94. The van der Waals surface area contributed by atoms with Crippen molar-refractivity contribution in [2.75, 3.05) is 5.32 Å². The fourth-order valence-corrected chi connectivity index (χ4v) is 2.59. The number of rotatable bonds is 3. The van der Waals surface area contributed by atoms with Crippen molar-refractivity contribution in [1.82, 2.24) is 9.55 Å². The number of para-hydroxylation sites is 2. The van der Waals surface area contributed by atoms with Crippen molar-refractivity contribution in [3.63, 3.8) is 0 Å². The number of aryl methyl sites for hydroxylation is 1. The Kier molecular flexibility index (Phi) is 3.81. The van der Waals surface area contributed by atoms with E-state index in [1.807, 2.05) is 35.8 Å². The molecule has 1 aromatic heterocycles. The quantitative estimate of drug-likeness (QED) is 0.790. The van der Waals surface area contributed by atoms with Crippen LogP contribution in [0.2, 0.25) is 5.02 Å². The van der Waals surface area contributed by atoms with Crippen LogP contribution in [0.5, 0.6) is 0 Å². The first-order valence-corrected chi connectivity index (χ1v) is 7.19. The molecule has 3 aromatic rings. The number of benzene rings is 2. The van der Waals surface area contributed by atoms with Crippen LogP contribution in [0.1, 0.15) is 17.3 Å². The number of aromatic nitrogens is 2. The summed E-state index contributed by atoms with van der Waals surface area (Å²) in [5.74, 6) is -0.466. The fraction of sp³-hybridized carbons (Fsp3) is 0.125. The summed E-state index contributed by atoms with van der Waals surface area (Å²) >= 11 is 5.91. The highest BCUT2D eigenvalue weighted by Crippen LogP contribution is 2.22. The number of amides is 1. The van der Waals surface area contributed by atoms with Crippen LogP contribution in [0.15, 0.2) is 42.5 Å². The molecule has 0 aliphatic carbocycles. The fourth-order valence-electron chi connectivity index (χ4n) is 2.33. The number of fused-ring (bicyclic) bond motifs is 1. The van der Waals surface area contributed by atoms with Gasteiger partial charge in [0.05, 0.1) is 21.6 Å². The second kappa shape index (κ2) is 5.77. The lowest BCUT2D eigenvalue weighted by atomic mass is 10.2. The number of anilines is 1. The predicted octanol–water partition coefficient (Wildman–Crippen LogP) is 4.10. The molecule has 3 rings (SSSR count). The largest absolute Gasteiger partial charge is 0.310 e. The zero-order valence-electron chi connectivity index (χ0n) is 11.8. The summed E-state index contributed by atoms with van der Waals surface area (Å²) in [6.07, 6.45) is 0. The maximum Gasteiger partial charge on any atom is 0.259 e. The number of nitrogens with one attached hydrogen (secondary N) is 1. The Morgan fingerprint density at radius 2 is 2.09 bits per heavy atom. The molecule has 2 aromatic carbocycles. The van der Waals surface area contributed by atoms with Gasteiger partial charge in [-0.2, -0.15) is 0 Å². The smallest absolute Gasteiger partial charge is 0.259 e. The summed E-state index contributed by atoms with van der Waals surface area (Å²) in [6, 6.07) is 11.3. The van der Waals surface area contributed by atoms with Gasteiger partial charge in [0.1, 0.15) is 5.82 Å². The topological polar surface area (TPSA) is 46.9 Å². The Hall–Kier alpha value is -2.40. The highest BCUT2D eigenvalue weighted by Gasteiger charge is 2.15. The number of carbonyl (C=O) groups excluding carboxylic acids is 1. The van der Waals surface area contributed by atoms with E-state index in [0.717, 1.165) is 17.1 Å². The van der Waals surface area contributed by atoms with Gasteiger partial charge in [0.15, 0.2) is 0 Å². The van der Waals surface area contributed by atoms with Crippen molar-refractivity contribution >= 4 is 34.5 Å². The van der Waals surface area contributed by atoms with Gasteiger partial charge >= 0.3 is 0 Å². The van der Waals surface area contributed by atoms with Gasteiger partial charge in [0.2, 0.25) is 5.95 Å². The molecule has 0 saturated carbocycles. The molecule has 0 aliphatic rings. The number of halogens is 2. The standard InChI is InChI=1S/C16H13ClFN3O/c1-2-21-14-6-4-3-5-13(14)19-16(21)20-15(22)11-8-7-10(18)9-12(11)17/h3-9H,2H2,1H3,(H,19,20,22). The average molecular weight is 318 g/mol. The van der Waals surface area contributed by atoms with E-state index >= 15 is 0 Å². The van der Waals surface area contributed by atoms with E-state index in [4.69, 9.17) is 11.6 Å². The average Bonchev–Trinajstić information content (AvgIpc) is 2.83. The predicted molar refractivity (Wildman–Crippen MR) is 84.8 cm³/mol. The third kappa shape index (κ3) is 2.55. The van der Waals surface area contributed by atoms with Crippen LogP contribution in [0.3, 0.4) is 0 Å². The molecule has 1 N–H and O–H groups in total. The summed E-state index contributed by atoms with van der Waals surface area (Å²) in [7, 11) is 0. The Morgan fingerprint density at radius 3 is 2.82 bits per heavy atom. The van der Waals surface area contributed by atoms with Gasteiger partial charge in [0.25, 0.3) is 5.91 Å². The first-order chi connectivity index (χ1) is 10.6. The third-order valence-corrected chi connectivity index (χ3v) is 3.68. The Balaban J connectivity index is 1.97. The molecule has 4 nitrogen and oxygen atoms in total. The van der Waals surface area contributed by atoms with E-state index in [1.54, 1.807) is 0 Å². The van der Waals surface area contributed by atoms with E-state index in [0.29, 0.717) is 12.5 Å². The zero-order valence-corrected chi connectivity index (χ0v) is 12.6. The van der Waals surface area contributed by atoms with Crippen molar-refractivity contribution in [2.45, 2.75) is 13.5 Å². The minimum absolute atomic E-state index is 0.0664. The lowest BCUT2D eigenvalue weighted by Gasteiger charge is -2.08. The van der Waals surface area contributed by atoms with Gasteiger partial charge in [-0.25, -0.2) is 9.37 Å². The summed E-state index contributed by atoms with van der Waals surface area (Å²) in [5, 5.41) is 2.80. The van der Waals surface area contributed by atoms with Gasteiger partial charge in [-0.1, -0.05) is 23.7 Å².